The molecule has 3 aliphatic rings. The lowest BCUT2D eigenvalue weighted by Gasteiger charge is -2.33. The van der Waals surface area contributed by atoms with Crippen molar-refractivity contribution >= 4 is 5.91 Å². The third-order valence-corrected chi connectivity index (χ3v) is 6.66. The zero-order valence-corrected chi connectivity index (χ0v) is 16.0. The van der Waals surface area contributed by atoms with Crippen molar-refractivity contribution in [3.8, 4) is 0 Å². The second-order valence-corrected chi connectivity index (χ2v) is 8.41. The fraction of sp³-hybridized carbons (Fsp3) is 0.842. The van der Waals surface area contributed by atoms with Crippen molar-refractivity contribution in [1.82, 2.24) is 25.3 Å². The highest BCUT2D eigenvalue weighted by Crippen LogP contribution is 2.41. The summed E-state index contributed by atoms with van der Waals surface area (Å²) in [6.45, 7) is 6.31. The first-order valence-corrected chi connectivity index (χ1v) is 10.1. The molecule has 1 N–H and O–H groups in total. The summed E-state index contributed by atoms with van der Waals surface area (Å²) in [6.07, 6.45) is 6.84. The van der Waals surface area contributed by atoms with E-state index in [1.165, 1.54) is 19.3 Å². The van der Waals surface area contributed by atoms with Crippen LogP contribution in [-0.4, -0.2) is 65.1 Å². The molecule has 1 atom stereocenters. The molecule has 1 amide bonds. The maximum atomic E-state index is 13.2. The molecule has 0 unspecified atom stereocenters. The van der Waals surface area contributed by atoms with Gasteiger partial charge in [0.25, 0.3) is 0 Å². The predicted molar refractivity (Wildman–Crippen MR) is 97.6 cm³/mol. The van der Waals surface area contributed by atoms with Crippen LogP contribution in [0.25, 0.3) is 0 Å². The van der Waals surface area contributed by atoms with E-state index < -0.39 is 0 Å². The summed E-state index contributed by atoms with van der Waals surface area (Å²) in [5.41, 5.74) is 0.309. The Labute approximate surface area is 155 Å². The van der Waals surface area contributed by atoms with Crippen LogP contribution in [0.4, 0.5) is 0 Å². The lowest BCUT2D eigenvalue weighted by molar-refractivity contribution is -0.136. The van der Waals surface area contributed by atoms with E-state index in [1.807, 2.05) is 11.8 Å². The quantitative estimate of drug-likeness (QED) is 0.861. The maximum absolute atomic E-state index is 13.2. The summed E-state index contributed by atoms with van der Waals surface area (Å²) in [4.78, 5) is 21.9. The number of carbonyl (C=O) groups excluding carboxylic acids is 1. The van der Waals surface area contributed by atoms with Gasteiger partial charge in [-0.25, -0.2) is 0 Å². The van der Waals surface area contributed by atoms with Crippen molar-refractivity contribution in [2.45, 2.75) is 64.0 Å². The minimum atomic E-state index is -0.0222. The average Bonchev–Trinajstić information content (AvgIpc) is 3.16. The minimum Gasteiger partial charge on any atom is -0.339 e. The molecule has 1 spiro atoms. The van der Waals surface area contributed by atoms with Gasteiger partial charge in [0, 0.05) is 19.0 Å². The average molecular weight is 361 g/mol. The summed E-state index contributed by atoms with van der Waals surface area (Å²) < 4.78 is 5.41. The van der Waals surface area contributed by atoms with Gasteiger partial charge < -0.3 is 14.7 Å². The number of piperidine rings is 1. The lowest BCUT2D eigenvalue weighted by Crippen LogP contribution is -2.44. The number of nitrogens with one attached hydrogen (secondary N) is 1. The van der Waals surface area contributed by atoms with Gasteiger partial charge in [0.2, 0.25) is 11.8 Å². The number of hydrogen-bond acceptors (Lipinski definition) is 6. The van der Waals surface area contributed by atoms with Crippen molar-refractivity contribution in [2.24, 2.45) is 5.41 Å². The van der Waals surface area contributed by atoms with Crippen molar-refractivity contribution in [2.75, 3.05) is 33.2 Å². The van der Waals surface area contributed by atoms with E-state index in [4.69, 9.17) is 4.52 Å². The highest BCUT2D eigenvalue weighted by atomic mass is 16.5. The van der Waals surface area contributed by atoms with Crippen LogP contribution in [0.5, 0.6) is 0 Å². The molecule has 4 rings (SSSR count). The second-order valence-electron chi connectivity index (χ2n) is 8.41. The van der Waals surface area contributed by atoms with Crippen LogP contribution in [0.3, 0.4) is 0 Å². The first-order chi connectivity index (χ1) is 12.6. The van der Waals surface area contributed by atoms with Crippen LogP contribution >= 0.6 is 0 Å². The summed E-state index contributed by atoms with van der Waals surface area (Å²) >= 11 is 0. The molecule has 0 bridgehead atoms. The van der Waals surface area contributed by atoms with E-state index in [1.54, 1.807) is 0 Å². The van der Waals surface area contributed by atoms with E-state index in [2.05, 4.69) is 27.4 Å². The van der Waals surface area contributed by atoms with Crippen LogP contribution < -0.4 is 5.32 Å². The van der Waals surface area contributed by atoms with Crippen LogP contribution in [0, 0.1) is 5.41 Å². The molecule has 0 aromatic carbocycles. The normalized spacial score (nSPS) is 26.2. The molecule has 7 nitrogen and oxygen atoms in total. The van der Waals surface area contributed by atoms with E-state index in [9.17, 15) is 4.79 Å². The van der Waals surface area contributed by atoms with Gasteiger partial charge in [0.05, 0.1) is 12.6 Å². The zero-order valence-electron chi connectivity index (χ0n) is 16.0. The SMILES string of the molecule is CCN(Cc1noc(C2CCC2)n1)C(=O)[C@@H]1CC2(CCNCC2)CN1C. The van der Waals surface area contributed by atoms with Gasteiger partial charge >= 0.3 is 0 Å². The highest BCUT2D eigenvalue weighted by molar-refractivity contribution is 5.82. The zero-order chi connectivity index (χ0) is 18.1. The summed E-state index contributed by atoms with van der Waals surface area (Å²) in [7, 11) is 2.09. The fourth-order valence-corrected chi connectivity index (χ4v) is 4.74. The van der Waals surface area contributed by atoms with Crippen molar-refractivity contribution in [1.29, 1.82) is 0 Å². The molecule has 3 fully saturated rings. The third kappa shape index (κ3) is 3.39. The van der Waals surface area contributed by atoms with Gasteiger partial charge in [0.1, 0.15) is 0 Å². The van der Waals surface area contributed by atoms with Crippen LogP contribution in [-0.2, 0) is 11.3 Å². The monoisotopic (exact) mass is 361 g/mol. The number of amides is 1. The van der Waals surface area contributed by atoms with Crippen LogP contribution in [0.1, 0.15) is 63.1 Å². The molecule has 1 aromatic heterocycles. The molecule has 26 heavy (non-hydrogen) atoms. The standard InChI is InChI=1S/C19H31N5O2/c1-3-24(12-16-21-17(26-22-16)14-5-4-6-14)18(25)15-11-19(13-23(15)2)7-9-20-10-8-19/h14-15,20H,3-13H2,1-2H3/t15-/m0/s1. The number of likely N-dealkylation sites (tertiary alicyclic amines) is 1. The Bertz CT molecular complexity index is 636. The third-order valence-electron chi connectivity index (χ3n) is 6.66. The highest BCUT2D eigenvalue weighted by Gasteiger charge is 2.46. The van der Waals surface area contributed by atoms with Gasteiger partial charge in [-0.2, -0.15) is 4.98 Å². The number of likely N-dealkylation sites (N-methyl/N-ethyl adjacent to an activating group) is 2. The van der Waals surface area contributed by atoms with E-state index in [0.717, 1.165) is 44.8 Å². The van der Waals surface area contributed by atoms with E-state index in [0.29, 0.717) is 30.2 Å². The first-order valence-electron chi connectivity index (χ1n) is 10.1. The Morgan fingerprint density at radius 3 is 2.81 bits per heavy atom. The smallest absolute Gasteiger partial charge is 0.240 e. The largest absolute Gasteiger partial charge is 0.339 e. The Balaban J connectivity index is 1.41. The number of hydrogen-bond donors (Lipinski definition) is 1. The number of aromatic nitrogens is 2. The second kappa shape index (κ2) is 7.27. The summed E-state index contributed by atoms with van der Waals surface area (Å²) in [5, 5.41) is 7.56. The first kappa shape index (κ1) is 17.9. The van der Waals surface area contributed by atoms with Crippen molar-refractivity contribution in [3.05, 3.63) is 11.7 Å². The maximum Gasteiger partial charge on any atom is 0.240 e. The van der Waals surface area contributed by atoms with Gasteiger partial charge in [-0.1, -0.05) is 11.6 Å². The lowest BCUT2D eigenvalue weighted by atomic mass is 9.77. The number of nitrogens with zero attached hydrogens (tertiary/aromatic N) is 4. The molecule has 2 aliphatic heterocycles. The van der Waals surface area contributed by atoms with Crippen molar-refractivity contribution < 1.29 is 9.32 Å². The molecule has 7 heteroatoms. The summed E-state index contributed by atoms with van der Waals surface area (Å²) in [6, 6.07) is -0.0222. The van der Waals surface area contributed by atoms with E-state index >= 15 is 0 Å². The topological polar surface area (TPSA) is 74.5 Å². The Morgan fingerprint density at radius 2 is 2.15 bits per heavy atom. The Kier molecular flexibility index (Phi) is 5.01. The summed E-state index contributed by atoms with van der Waals surface area (Å²) in [5.74, 6) is 2.03. The van der Waals surface area contributed by atoms with E-state index in [-0.39, 0.29) is 11.9 Å². The fourth-order valence-electron chi connectivity index (χ4n) is 4.74. The molecule has 1 saturated carbocycles. The Hall–Kier alpha value is -1.47. The molecule has 144 valence electrons. The predicted octanol–water partition coefficient (Wildman–Crippen LogP) is 1.76. The molecule has 1 aromatic rings. The van der Waals surface area contributed by atoms with Gasteiger partial charge in [-0.15, -0.1) is 0 Å². The minimum absolute atomic E-state index is 0.0222. The van der Waals surface area contributed by atoms with Gasteiger partial charge in [-0.3, -0.25) is 9.69 Å². The van der Waals surface area contributed by atoms with Crippen LogP contribution in [0.15, 0.2) is 4.52 Å². The van der Waals surface area contributed by atoms with Gasteiger partial charge in [0.15, 0.2) is 5.82 Å². The number of rotatable bonds is 5. The van der Waals surface area contributed by atoms with Gasteiger partial charge in [-0.05, 0) is 64.6 Å². The Morgan fingerprint density at radius 1 is 1.38 bits per heavy atom. The molecular weight excluding hydrogens is 330 g/mol. The molecule has 2 saturated heterocycles. The molecular formula is C19H31N5O2. The molecule has 3 heterocycles. The van der Waals surface area contributed by atoms with Crippen LogP contribution in [0.2, 0.25) is 0 Å². The van der Waals surface area contributed by atoms with Crippen molar-refractivity contribution in [3.63, 3.8) is 0 Å². The molecule has 1 aliphatic carbocycles. The molecule has 0 radical (unpaired) electrons. The number of carbonyl (C=O) groups is 1.